The molecule has 0 radical (unpaired) electrons. The van der Waals surface area contributed by atoms with Crippen LogP contribution in [-0.4, -0.2) is 38.1 Å². The van der Waals surface area contributed by atoms with Gasteiger partial charge in [0, 0.05) is 17.6 Å². The van der Waals surface area contributed by atoms with Gasteiger partial charge in [-0.2, -0.15) is 0 Å². The van der Waals surface area contributed by atoms with Crippen molar-refractivity contribution in [1.29, 1.82) is 0 Å². The van der Waals surface area contributed by atoms with E-state index in [-0.39, 0.29) is 0 Å². The van der Waals surface area contributed by atoms with Gasteiger partial charge in [-0.05, 0) is 60.0 Å². The Balaban J connectivity index is 1.41. The van der Waals surface area contributed by atoms with Crippen molar-refractivity contribution in [3.8, 4) is 17.1 Å². The Morgan fingerprint density at radius 3 is 2.52 bits per heavy atom. The van der Waals surface area contributed by atoms with Gasteiger partial charge in [0.25, 0.3) is 0 Å². The first-order chi connectivity index (χ1) is 15.2. The first kappa shape index (κ1) is 20.3. The van der Waals surface area contributed by atoms with E-state index in [0.29, 0.717) is 17.5 Å². The molecule has 2 aromatic heterocycles. The highest BCUT2D eigenvalue weighted by Gasteiger charge is 2.23. The molecule has 9 heteroatoms. The third-order valence-electron chi connectivity index (χ3n) is 5.19. The van der Waals surface area contributed by atoms with Crippen molar-refractivity contribution >= 4 is 33.6 Å². The Kier molecular flexibility index (Phi) is 5.78. The van der Waals surface area contributed by atoms with Gasteiger partial charge in [0.2, 0.25) is 17.7 Å². The van der Waals surface area contributed by atoms with Crippen LogP contribution in [0.1, 0.15) is 24.3 Å². The maximum atomic E-state index is 5.90. The molecule has 158 valence electrons. The summed E-state index contributed by atoms with van der Waals surface area (Å²) in [5.41, 5.74) is 3.16. The minimum Gasteiger partial charge on any atom is -0.420 e. The van der Waals surface area contributed by atoms with Gasteiger partial charge < -0.3 is 9.32 Å². The van der Waals surface area contributed by atoms with Crippen LogP contribution in [0.2, 0.25) is 0 Å². The molecule has 7 nitrogen and oxygen atoms in total. The summed E-state index contributed by atoms with van der Waals surface area (Å²) in [6.07, 6.45) is 2.37. The van der Waals surface area contributed by atoms with Crippen LogP contribution >= 0.6 is 27.7 Å². The van der Waals surface area contributed by atoms with E-state index in [0.717, 1.165) is 39.9 Å². The molecule has 4 aromatic rings. The molecule has 5 rings (SSSR count). The van der Waals surface area contributed by atoms with Gasteiger partial charge in [-0.25, -0.2) is 0 Å². The van der Waals surface area contributed by atoms with Gasteiger partial charge in [-0.3, -0.25) is 4.57 Å². The largest absolute Gasteiger partial charge is 0.420 e. The van der Waals surface area contributed by atoms with E-state index in [1.807, 2.05) is 24.3 Å². The molecule has 2 aromatic carbocycles. The molecule has 0 aliphatic carbocycles. The zero-order valence-electron chi connectivity index (χ0n) is 17.0. The summed E-state index contributed by atoms with van der Waals surface area (Å²) < 4.78 is 8.95. The van der Waals surface area contributed by atoms with Crippen molar-refractivity contribution in [2.75, 3.05) is 18.0 Å². The van der Waals surface area contributed by atoms with Crippen molar-refractivity contribution in [2.24, 2.45) is 0 Å². The fourth-order valence-electron chi connectivity index (χ4n) is 3.58. The van der Waals surface area contributed by atoms with E-state index in [1.54, 1.807) is 11.8 Å². The van der Waals surface area contributed by atoms with E-state index >= 15 is 0 Å². The van der Waals surface area contributed by atoms with E-state index in [9.17, 15) is 0 Å². The van der Waals surface area contributed by atoms with Crippen molar-refractivity contribution in [2.45, 2.75) is 30.7 Å². The highest BCUT2D eigenvalue weighted by atomic mass is 79.9. The third-order valence-corrected chi connectivity index (χ3v) is 6.80. The summed E-state index contributed by atoms with van der Waals surface area (Å²) in [7, 11) is 0. The van der Waals surface area contributed by atoms with Gasteiger partial charge in [0.1, 0.15) is 0 Å². The second-order valence-corrected chi connectivity index (χ2v) is 9.21. The molecule has 0 saturated carbocycles. The highest BCUT2D eigenvalue weighted by molar-refractivity contribution is 9.10. The number of nitrogens with zero attached hydrogens (tertiary/aromatic N) is 6. The Bertz CT molecular complexity index is 1180. The van der Waals surface area contributed by atoms with Gasteiger partial charge in [0.05, 0.1) is 17.0 Å². The summed E-state index contributed by atoms with van der Waals surface area (Å²) >= 11 is 5.08. The lowest BCUT2D eigenvalue weighted by atomic mass is 10.2. The molecule has 0 bridgehead atoms. The van der Waals surface area contributed by atoms with Crippen LogP contribution in [0.4, 0.5) is 5.95 Å². The van der Waals surface area contributed by atoms with Crippen LogP contribution in [0, 0.1) is 6.92 Å². The SMILES string of the molecule is Cc1ccc(-n2c(SCc3nnc(-c4ccccc4Br)o3)nnc2N2CCCC2)cc1. The maximum absolute atomic E-state index is 5.90. The van der Waals surface area contributed by atoms with Crippen LogP contribution in [0.15, 0.2) is 62.6 Å². The quantitative estimate of drug-likeness (QED) is 0.336. The number of hydrogen-bond donors (Lipinski definition) is 0. The molecule has 0 atom stereocenters. The van der Waals surface area contributed by atoms with Crippen LogP contribution < -0.4 is 4.90 Å². The fraction of sp³-hybridized carbons (Fsp3) is 0.273. The monoisotopic (exact) mass is 496 g/mol. The van der Waals surface area contributed by atoms with Crippen molar-refractivity contribution in [3.05, 3.63) is 64.5 Å². The molecule has 1 aliphatic heterocycles. The predicted octanol–water partition coefficient (Wildman–Crippen LogP) is 5.28. The van der Waals surface area contributed by atoms with Gasteiger partial charge >= 0.3 is 0 Å². The van der Waals surface area contributed by atoms with Crippen molar-refractivity contribution in [3.63, 3.8) is 0 Å². The van der Waals surface area contributed by atoms with E-state index in [2.05, 4.69) is 77.0 Å². The standard InChI is InChI=1S/C22H21BrN6OS/c1-15-8-10-16(11-9-15)29-21(28-12-4-5-13-28)26-27-22(29)31-14-19-24-25-20(30-19)17-6-2-3-7-18(17)23/h2-3,6-11H,4-5,12-14H2,1H3. The topological polar surface area (TPSA) is 72.9 Å². The Morgan fingerprint density at radius 1 is 0.968 bits per heavy atom. The van der Waals surface area contributed by atoms with Gasteiger partial charge in [-0.1, -0.05) is 41.6 Å². The first-order valence-corrected chi connectivity index (χ1v) is 11.9. The summed E-state index contributed by atoms with van der Waals surface area (Å²) in [6, 6.07) is 16.3. The Morgan fingerprint density at radius 2 is 1.74 bits per heavy atom. The fourth-order valence-corrected chi connectivity index (χ4v) is 4.82. The normalized spacial score (nSPS) is 13.8. The van der Waals surface area contributed by atoms with E-state index < -0.39 is 0 Å². The summed E-state index contributed by atoms with van der Waals surface area (Å²) in [5, 5.41) is 18.2. The maximum Gasteiger partial charge on any atom is 0.248 e. The highest BCUT2D eigenvalue weighted by Crippen LogP contribution is 2.31. The molecule has 1 aliphatic rings. The van der Waals surface area contributed by atoms with Crippen LogP contribution in [0.5, 0.6) is 0 Å². The number of rotatable bonds is 6. The lowest BCUT2D eigenvalue weighted by Crippen LogP contribution is -2.22. The molecule has 1 fully saturated rings. The molecule has 0 spiro atoms. The second-order valence-electron chi connectivity index (χ2n) is 7.42. The molecule has 3 heterocycles. The zero-order chi connectivity index (χ0) is 21.2. The lowest BCUT2D eigenvalue weighted by Gasteiger charge is -2.18. The average molecular weight is 497 g/mol. The lowest BCUT2D eigenvalue weighted by molar-refractivity contribution is 0.528. The minimum absolute atomic E-state index is 0.501. The number of hydrogen-bond acceptors (Lipinski definition) is 7. The average Bonchev–Trinajstić information content (AvgIpc) is 3.53. The molecule has 0 unspecified atom stereocenters. The zero-order valence-corrected chi connectivity index (χ0v) is 19.4. The predicted molar refractivity (Wildman–Crippen MR) is 125 cm³/mol. The molecule has 0 N–H and O–H groups in total. The molecule has 31 heavy (non-hydrogen) atoms. The molecular formula is C22H21BrN6OS. The summed E-state index contributed by atoms with van der Waals surface area (Å²) in [5.74, 6) is 2.46. The van der Waals surface area contributed by atoms with Crippen molar-refractivity contribution in [1.82, 2.24) is 25.0 Å². The number of aryl methyl sites for hydroxylation is 1. The second kappa shape index (κ2) is 8.84. The minimum atomic E-state index is 0.501. The summed E-state index contributed by atoms with van der Waals surface area (Å²) in [4.78, 5) is 2.30. The Hall–Kier alpha value is -2.65. The number of aromatic nitrogens is 5. The van der Waals surface area contributed by atoms with Crippen LogP contribution in [0.3, 0.4) is 0 Å². The smallest absolute Gasteiger partial charge is 0.248 e. The van der Waals surface area contributed by atoms with Crippen LogP contribution in [0.25, 0.3) is 17.1 Å². The van der Waals surface area contributed by atoms with E-state index in [1.165, 1.54) is 18.4 Å². The van der Waals surface area contributed by atoms with Crippen molar-refractivity contribution < 1.29 is 4.42 Å². The van der Waals surface area contributed by atoms with E-state index in [4.69, 9.17) is 4.42 Å². The molecule has 0 amide bonds. The number of benzene rings is 2. The number of thioether (sulfide) groups is 1. The molecular weight excluding hydrogens is 476 g/mol. The van der Waals surface area contributed by atoms with Crippen LogP contribution in [-0.2, 0) is 5.75 Å². The summed E-state index contributed by atoms with van der Waals surface area (Å²) in [6.45, 7) is 4.10. The first-order valence-electron chi connectivity index (χ1n) is 10.2. The number of anilines is 1. The number of halogens is 1. The molecule has 1 saturated heterocycles. The van der Waals surface area contributed by atoms with Gasteiger partial charge in [0.15, 0.2) is 5.16 Å². The van der Waals surface area contributed by atoms with Gasteiger partial charge in [-0.15, -0.1) is 20.4 Å². The Labute approximate surface area is 193 Å². The third kappa shape index (κ3) is 4.24.